The molecule has 5 heteroatoms. The minimum absolute atomic E-state index is 0.151. The van der Waals surface area contributed by atoms with Gasteiger partial charge in [-0.3, -0.25) is 9.59 Å². The molecule has 1 heterocycles. The maximum absolute atomic E-state index is 12.6. The van der Waals surface area contributed by atoms with Crippen LogP contribution < -0.4 is 0 Å². The standard InChI is InChI=1S/C24H37NO4/c1-29-24(28)15-7-2-3-10-18-25-21(13-8-9-14-23(25)27)16-17-22(26)19-20-11-5-4-6-12-20/h4-6,11-12,21-22,26H,2-3,7-10,13-19H2,1H3. The first-order valence-corrected chi connectivity index (χ1v) is 11.2. The van der Waals surface area contributed by atoms with Crippen molar-refractivity contribution in [3.8, 4) is 0 Å². The summed E-state index contributed by atoms with van der Waals surface area (Å²) >= 11 is 0. The number of ether oxygens (including phenoxy) is 1. The Hall–Kier alpha value is -1.88. The van der Waals surface area contributed by atoms with Gasteiger partial charge in [-0.1, -0.05) is 49.6 Å². The third-order valence-corrected chi connectivity index (χ3v) is 5.84. The Bertz CT molecular complexity index is 604. The topological polar surface area (TPSA) is 66.8 Å². The third kappa shape index (κ3) is 8.99. The summed E-state index contributed by atoms with van der Waals surface area (Å²) in [5.41, 5.74) is 1.15. The van der Waals surface area contributed by atoms with E-state index in [9.17, 15) is 14.7 Å². The van der Waals surface area contributed by atoms with Crippen molar-refractivity contribution < 1.29 is 19.4 Å². The molecule has 1 amide bonds. The number of hydrogen-bond acceptors (Lipinski definition) is 4. The van der Waals surface area contributed by atoms with Gasteiger partial charge in [0.1, 0.15) is 0 Å². The van der Waals surface area contributed by atoms with Crippen LogP contribution >= 0.6 is 0 Å². The largest absolute Gasteiger partial charge is 0.469 e. The van der Waals surface area contributed by atoms with Crippen molar-refractivity contribution in [1.82, 2.24) is 4.90 Å². The lowest BCUT2D eigenvalue weighted by Gasteiger charge is -2.31. The average Bonchev–Trinajstić information content (AvgIpc) is 2.90. The summed E-state index contributed by atoms with van der Waals surface area (Å²) < 4.78 is 4.67. The number of aliphatic hydroxyl groups is 1. The van der Waals surface area contributed by atoms with E-state index >= 15 is 0 Å². The van der Waals surface area contributed by atoms with Crippen LogP contribution in [0.5, 0.6) is 0 Å². The van der Waals surface area contributed by atoms with Crippen LogP contribution in [0, 0.1) is 0 Å². The summed E-state index contributed by atoms with van der Waals surface area (Å²) in [6, 6.07) is 10.3. The molecule has 1 aromatic carbocycles. The van der Waals surface area contributed by atoms with Gasteiger partial charge in [-0.05, 0) is 50.5 Å². The maximum Gasteiger partial charge on any atom is 0.305 e. The highest BCUT2D eigenvalue weighted by Gasteiger charge is 2.26. The molecule has 0 saturated carbocycles. The predicted molar refractivity (Wildman–Crippen MR) is 114 cm³/mol. The fourth-order valence-corrected chi connectivity index (χ4v) is 4.15. The fraction of sp³-hybridized carbons (Fsp3) is 0.667. The van der Waals surface area contributed by atoms with Crippen molar-refractivity contribution in [2.24, 2.45) is 0 Å². The molecule has 162 valence electrons. The Labute approximate surface area is 175 Å². The van der Waals surface area contributed by atoms with Gasteiger partial charge < -0.3 is 14.7 Å². The van der Waals surface area contributed by atoms with Gasteiger partial charge in [0.05, 0.1) is 13.2 Å². The van der Waals surface area contributed by atoms with Crippen LogP contribution in [0.4, 0.5) is 0 Å². The Kier molecular flexibility index (Phi) is 10.8. The van der Waals surface area contributed by atoms with Crippen molar-refractivity contribution in [3.05, 3.63) is 35.9 Å². The van der Waals surface area contributed by atoms with E-state index in [4.69, 9.17) is 0 Å². The fourth-order valence-electron chi connectivity index (χ4n) is 4.15. The van der Waals surface area contributed by atoms with Crippen molar-refractivity contribution in [3.63, 3.8) is 0 Å². The van der Waals surface area contributed by atoms with E-state index in [0.717, 1.165) is 69.9 Å². The molecule has 0 spiro atoms. The molecule has 2 rings (SSSR count). The van der Waals surface area contributed by atoms with Crippen molar-refractivity contribution in [1.29, 1.82) is 0 Å². The molecule has 2 atom stereocenters. The summed E-state index contributed by atoms with van der Waals surface area (Å²) in [5, 5.41) is 10.5. The van der Waals surface area contributed by atoms with E-state index in [1.165, 1.54) is 7.11 Å². The van der Waals surface area contributed by atoms with E-state index < -0.39 is 0 Å². The van der Waals surface area contributed by atoms with Gasteiger partial charge >= 0.3 is 5.97 Å². The number of benzene rings is 1. The highest BCUT2D eigenvalue weighted by atomic mass is 16.5. The van der Waals surface area contributed by atoms with Crippen LogP contribution in [-0.4, -0.2) is 47.7 Å². The number of amides is 1. The zero-order valence-electron chi connectivity index (χ0n) is 17.9. The second-order valence-corrected chi connectivity index (χ2v) is 8.15. The molecule has 0 aliphatic carbocycles. The molecule has 1 aliphatic rings. The number of unbranched alkanes of at least 4 members (excludes halogenated alkanes) is 3. The van der Waals surface area contributed by atoms with Gasteiger partial charge in [0.15, 0.2) is 0 Å². The van der Waals surface area contributed by atoms with E-state index in [-0.39, 0.29) is 24.0 Å². The summed E-state index contributed by atoms with van der Waals surface area (Å²) in [4.78, 5) is 25.8. The Balaban J connectivity index is 1.75. The minimum atomic E-state index is -0.365. The average molecular weight is 404 g/mol. The number of carbonyl (C=O) groups is 2. The molecular formula is C24H37NO4. The van der Waals surface area contributed by atoms with E-state index in [2.05, 4.69) is 9.64 Å². The first-order valence-electron chi connectivity index (χ1n) is 11.2. The zero-order chi connectivity index (χ0) is 20.9. The molecule has 1 aliphatic heterocycles. The number of aliphatic hydroxyl groups excluding tert-OH is 1. The Morgan fingerprint density at radius 2 is 1.93 bits per heavy atom. The summed E-state index contributed by atoms with van der Waals surface area (Å²) in [5.74, 6) is 0.112. The molecule has 1 N–H and O–H groups in total. The number of methoxy groups -OCH3 is 1. The monoisotopic (exact) mass is 403 g/mol. The van der Waals surface area contributed by atoms with Crippen LogP contribution in [0.25, 0.3) is 0 Å². The summed E-state index contributed by atoms with van der Waals surface area (Å²) in [6.45, 7) is 0.788. The van der Waals surface area contributed by atoms with Crippen LogP contribution in [0.3, 0.4) is 0 Å². The lowest BCUT2D eigenvalue weighted by atomic mass is 9.98. The number of nitrogens with zero attached hydrogens (tertiary/aromatic N) is 1. The molecule has 1 saturated heterocycles. The normalized spacial score (nSPS) is 18.3. The lowest BCUT2D eigenvalue weighted by Crippen LogP contribution is -2.40. The highest BCUT2D eigenvalue weighted by molar-refractivity contribution is 5.76. The molecule has 2 unspecified atom stereocenters. The maximum atomic E-state index is 12.6. The minimum Gasteiger partial charge on any atom is -0.469 e. The van der Waals surface area contributed by atoms with Crippen molar-refractivity contribution in [2.75, 3.05) is 13.7 Å². The molecule has 5 nitrogen and oxygen atoms in total. The second-order valence-electron chi connectivity index (χ2n) is 8.15. The van der Waals surface area contributed by atoms with Gasteiger partial charge in [-0.25, -0.2) is 0 Å². The zero-order valence-corrected chi connectivity index (χ0v) is 17.9. The number of hydrogen-bond donors (Lipinski definition) is 1. The van der Waals surface area contributed by atoms with Crippen molar-refractivity contribution in [2.45, 2.75) is 89.2 Å². The molecular weight excluding hydrogens is 366 g/mol. The summed E-state index contributed by atoms with van der Waals surface area (Å²) in [6.07, 6.45) is 9.91. The predicted octanol–water partition coefficient (Wildman–Crippen LogP) is 4.26. The lowest BCUT2D eigenvalue weighted by molar-refractivity contribution is -0.140. The molecule has 1 aromatic rings. The van der Waals surface area contributed by atoms with E-state index in [1.807, 2.05) is 30.3 Å². The number of rotatable bonds is 12. The SMILES string of the molecule is COC(=O)CCCCCCN1C(=O)CCCCC1CCC(O)Cc1ccccc1. The number of likely N-dealkylation sites (tertiary alicyclic amines) is 1. The molecule has 0 bridgehead atoms. The van der Waals surface area contributed by atoms with Gasteiger partial charge in [0.25, 0.3) is 0 Å². The molecule has 29 heavy (non-hydrogen) atoms. The van der Waals surface area contributed by atoms with Crippen LogP contribution in [0.1, 0.15) is 76.2 Å². The Morgan fingerprint density at radius 3 is 2.69 bits per heavy atom. The first-order chi connectivity index (χ1) is 14.1. The Morgan fingerprint density at radius 1 is 1.17 bits per heavy atom. The van der Waals surface area contributed by atoms with Gasteiger partial charge in [0.2, 0.25) is 5.91 Å². The van der Waals surface area contributed by atoms with Crippen molar-refractivity contribution >= 4 is 11.9 Å². The third-order valence-electron chi connectivity index (χ3n) is 5.84. The highest BCUT2D eigenvalue weighted by Crippen LogP contribution is 2.23. The summed E-state index contributed by atoms with van der Waals surface area (Å²) in [7, 11) is 1.42. The van der Waals surface area contributed by atoms with Crippen LogP contribution in [-0.2, 0) is 20.7 Å². The smallest absolute Gasteiger partial charge is 0.305 e. The van der Waals surface area contributed by atoms with E-state index in [0.29, 0.717) is 19.3 Å². The van der Waals surface area contributed by atoms with E-state index in [1.54, 1.807) is 0 Å². The number of carbonyl (C=O) groups excluding carboxylic acids is 2. The van der Waals surface area contributed by atoms with Crippen LogP contribution in [0.2, 0.25) is 0 Å². The first kappa shape index (κ1) is 23.4. The molecule has 0 radical (unpaired) electrons. The van der Waals surface area contributed by atoms with Crippen LogP contribution in [0.15, 0.2) is 30.3 Å². The van der Waals surface area contributed by atoms with Gasteiger partial charge in [-0.15, -0.1) is 0 Å². The molecule has 0 aromatic heterocycles. The number of esters is 1. The molecule has 1 fully saturated rings. The quantitative estimate of drug-likeness (QED) is 0.418. The second kappa shape index (κ2) is 13.4. The van der Waals surface area contributed by atoms with Gasteiger partial charge in [0, 0.05) is 25.4 Å². The van der Waals surface area contributed by atoms with Gasteiger partial charge in [-0.2, -0.15) is 0 Å².